The second kappa shape index (κ2) is 6.11. The van der Waals surface area contributed by atoms with E-state index in [1.807, 2.05) is 32.2 Å². The highest BCUT2D eigenvalue weighted by Gasteiger charge is 2.21. The van der Waals surface area contributed by atoms with Crippen LogP contribution in [0.3, 0.4) is 0 Å². The van der Waals surface area contributed by atoms with Crippen LogP contribution in [0.25, 0.3) is 0 Å². The molecular formula is C14H16BrFN2S. The third-order valence-corrected chi connectivity index (χ3v) is 4.17. The van der Waals surface area contributed by atoms with Gasteiger partial charge in [0.2, 0.25) is 0 Å². The molecule has 1 N–H and O–H groups in total. The Morgan fingerprint density at radius 1 is 1.37 bits per heavy atom. The van der Waals surface area contributed by atoms with E-state index < -0.39 is 0 Å². The molecule has 0 amide bonds. The molecule has 0 spiro atoms. The molecule has 0 aliphatic rings. The zero-order valence-corrected chi connectivity index (χ0v) is 13.5. The minimum Gasteiger partial charge on any atom is -0.302 e. The summed E-state index contributed by atoms with van der Waals surface area (Å²) in [6, 6.07) is 5.03. The van der Waals surface area contributed by atoms with E-state index in [1.54, 1.807) is 17.4 Å². The maximum atomic E-state index is 14.1. The highest BCUT2D eigenvalue weighted by Crippen LogP contribution is 2.29. The fourth-order valence-corrected chi connectivity index (χ4v) is 3.12. The standard InChI is InChI=1S/C14H16BrFN2S/c1-8(2)17-13(14-18-9(3)7-19-14)11-6-10(15)4-5-12(11)16/h4-8,13,17H,1-3H3. The van der Waals surface area contributed by atoms with Crippen LogP contribution in [0.2, 0.25) is 0 Å². The fourth-order valence-electron chi connectivity index (χ4n) is 1.87. The van der Waals surface area contributed by atoms with E-state index in [0.29, 0.717) is 5.56 Å². The van der Waals surface area contributed by atoms with Crippen molar-refractivity contribution in [1.29, 1.82) is 0 Å². The summed E-state index contributed by atoms with van der Waals surface area (Å²) >= 11 is 4.95. The lowest BCUT2D eigenvalue weighted by Gasteiger charge is -2.20. The molecule has 19 heavy (non-hydrogen) atoms. The molecule has 5 heteroatoms. The highest BCUT2D eigenvalue weighted by atomic mass is 79.9. The van der Waals surface area contributed by atoms with Gasteiger partial charge < -0.3 is 5.32 Å². The Labute approximate surface area is 125 Å². The van der Waals surface area contributed by atoms with Crippen molar-refractivity contribution in [2.75, 3.05) is 0 Å². The minimum atomic E-state index is -0.214. The van der Waals surface area contributed by atoms with Crippen molar-refractivity contribution in [2.24, 2.45) is 0 Å². The SMILES string of the molecule is Cc1csc(C(NC(C)C)c2cc(Br)ccc2F)n1. The van der Waals surface area contributed by atoms with Gasteiger partial charge in [-0.05, 0) is 39.0 Å². The quantitative estimate of drug-likeness (QED) is 0.888. The third kappa shape index (κ3) is 3.61. The summed E-state index contributed by atoms with van der Waals surface area (Å²) in [5, 5.41) is 6.26. The first-order chi connectivity index (χ1) is 8.97. The number of nitrogens with one attached hydrogen (secondary N) is 1. The molecule has 1 atom stereocenters. The molecule has 0 bridgehead atoms. The maximum absolute atomic E-state index is 14.1. The number of rotatable bonds is 4. The smallest absolute Gasteiger partial charge is 0.128 e. The number of nitrogens with zero attached hydrogens (tertiary/aromatic N) is 1. The van der Waals surface area contributed by atoms with E-state index in [4.69, 9.17) is 0 Å². The number of aryl methyl sites for hydroxylation is 1. The van der Waals surface area contributed by atoms with Crippen molar-refractivity contribution >= 4 is 27.3 Å². The summed E-state index contributed by atoms with van der Waals surface area (Å²) in [7, 11) is 0. The Balaban J connectivity index is 2.45. The molecule has 0 radical (unpaired) electrons. The summed E-state index contributed by atoms with van der Waals surface area (Å²) in [5.74, 6) is -0.214. The number of hydrogen-bond donors (Lipinski definition) is 1. The molecule has 102 valence electrons. The van der Waals surface area contributed by atoms with Gasteiger partial charge >= 0.3 is 0 Å². The first kappa shape index (κ1) is 14.6. The van der Waals surface area contributed by atoms with Crippen molar-refractivity contribution in [3.8, 4) is 0 Å². The van der Waals surface area contributed by atoms with Crippen molar-refractivity contribution in [3.63, 3.8) is 0 Å². The van der Waals surface area contributed by atoms with Gasteiger partial charge in [-0.3, -0.25) is 0 Å². The largest absolute Gasteiger partial charge is 0.302 e. The number of aromatic nitrogens is 1. The van der Waals surface area contributed by atoms with Gasteiger partial charge in [0.1, 0.15) is 10.8 Å². The highest BCUT2D eigenvalue weighted by molar-refractivity contribution is 9.10. The van der Waals surface area contributed by atoms with Crippen LogP contribution in [0, 0.1) is 12.7 Å². The number of halogens is 2. The van der Waals surface area contributed by atoms with E-state index in [-0.39, 0.29) is 17.9 Å². The summed E-state index contributed by atoms with van der Waals surface area (Å²) in [6.45, 7) is 6.04. The first-order valence-electron chi connectivity index (χ1n) is 6.10. The van der Waals surface area contributed by atoms with E-state index in [9.17, 15) is 4.39 Å². The van der Waals surface area contributed by atoms with Crippen LogP contribution in [0.15, 0.2) is 28.1 Å². The second-order valence-corrected chi connectivity index (χ2v) is 6.55. The molecule has 2 aromatic rings. The lowest BCUT2D eigenvalue weighted by atomic mass is 10.1. The van der Waals surface area contributed by atoms with Gasteiger partial charge in [0, 0.05) is 27.2 Å². The summed E-state index contributed by atoms with van der Waals surface area (Å²) in [5.41, 5.74) is 1.59. The van der Waals surface area contributed by atoms with Gasteiger partial charge in [0.15, 0.2) is 0 Å². The lowest BCUT2D eigenvalue weighted by Crippen LogP contribution is -2.29. The Morgan fingerprint density at radius 2 is 2.11 bits per heavy atom. The van der Waals surface area contributed by atoms with Crippen molar-refractivity contribution in [1.82, 2.24) is 10.3 Å². The van der Waals surface area contributed by atoms with Gasteiger partial charge in [0.25, 0.3) is 0 Å². The molecule has 0 fully saturated rings. The molecule has 0 aliphatic heterocycles. The fraction of sp³-hybridized carbons (Fsp3) is 0.357. The van der Waals surface area contributed by atoms with Crippen LogP contribution in [-0.2, 0) is 0 Å². The lowest BCUT2D eigenvalue weighted by molar-refractivity contribution is 0.501. The normalized spacial score (nSPS) is 12.9. The Bertz CT molecular complexity index is 568. The minimum absolute atomic E-state index is 0.212. The zero-order valence-electron chi connectivity index (χ0n) is 11.1. The van der Waals surface area contributed by atoms with Crippen LogP contribution in [0.5, 0.6) is 0 Å². The molecule has 0 saturated carbocycles. The zero-order chi connectivity index (χ0) is 14.0. The Kier molecular flexibility index (Phi) is 4.71. The summed E-state index contributed by atoms with van der Waals surface area (Å²) < 4.78 is 14.9. The molecule has 1 aromatic heterocycles. The molecule has 1 heterocycles. The number of benzene rings is 1. The van der Waals surface area contributed by atoms with Crippen LogP contribution < -0.4 is 5.32 Å². The first-order valence-corrected chi connectivity index (χ1v) is 7.77. The summed E-state index contributed by atoms with van der Waals surface area (Å²) in [6.07, 6.45) is 0. The van der Waals surface area contributed by atoms with Gasteiger partial charge in [-0.25, -0.2) is 9.37 Å². The Morgan fingerprint density at radius 3 is 2.68 bits per heavy atom. The van der Waals surface area contributed by atoms with Crippen molar-refractivity contribution in [2.45, 2.75) is 32.9 Å². The van der Waals surface area contributed by atoms with Crippen molar-refractivity contribution in [3.05, 3.63) is 50.1 Å². The van der Waals surface area contributed by atoms with Gasteiger partial charge in [0.05, 0.1) is 6.04 Å². The number of thiazole rings is 1. The maximum Gasteiger partial charge on any atom is 0.128 e. The van der Waals surface area contributed by atoms with Crippen molar-refractivity contribution < 1.29 is 4.39 Å². The molecule has 0 aliphatic carbocycles. The average Bonchev–Trinajstić information content (AvgIpc) is 2.76. The van der Waals surface area contributed by atoms with E-state index in [0.717, 1.165) is 15.2 Å². The molecule has 0 saturated heterocycles. The average molecular weight is 343 g/mol. The predicted octanol–water partition coefficient (Wildman–Crippen LogP) is 4.44. The predicted molar refractivity (Wildman–Crippen MR) is 81.1 cm³/mol. The molecule has 1 aromatic carbocycles. The molecule has 2 nitrogen and oxygen atoms in total. The Hall–Kier alpha value is -0.780. The van der Waals surface area contributed by atoms with E-state index >= 15 is 0 Å². The summed E-state index contributed by atoms with van der Waals surface area (Å²) in [4.78, 5) is 4.49. The third-order valence-electron chi connectivity index (χ3n) is 2.65. The van der Waals surface area contributed by atoms with Crippen LogP contribution in [0.4, 0.5) is 4.39 Å². The van der Waals surface area contributed by atoms with Gasteiger partial charge in [-0.1, -0.05) is 15.9 Å². The van der Waals surface area contributed by atoms with Crippen LogP contribution in [-0.4, -0.2) is 11.0 Å². The van der Waals surface area contributed by atoms with Gasteiger partial charge in [-0.2, -0.15) is 0 Å². The number of hydrogen-bond acceptors (Lipinski definition) is 3. The molecule has 2 rings (SSSR count). The van der Waals surface area contributed by atoms with Gasteiger partial charge in [-0.15, -0.1) is 11.3 Å². The van der Waals surface area contributed by atoms with Crippen LogP contribution in [0.1, 0.15) is 36.2 Å². The van der Waals surface area contributed by atoms with E-state index in [2.05, 4.69) is 26.2 Å². The molecular weight excluding hydrogens is 327 g/mol. The molecule has 1 unspecified atom stereocenters. The second-order valence-electron chi connectivity index (χ2n) is 4.75. The monoisotopic (exact) mass is 342 g/mol. The van der Waals surface area contributed by atoms with Crippen LogP contribution >= 0.6 is 27.3 Å². The topological polar surface area (TPSA) is 24.9 Å². The van der Waals surface area contributed by atoms with E-state index in [1.165, 1.54) is 6.07 Å².